The van der Waals surface area contributed by atoms with Gasteiger partial charge in [-0.15, -0.1) is 0 Å². The highest BCUT2D eigenvalue weighted by Gasteiger charge is 2.09. The highest BCUT2D eigenvalue weighted by Crippen LogP contribution is 2.20. The topological polar surface area (TPSA) is 30.5 Å². The molecule has 1 unspecified atom stereocenters. The van der Waals surface area contributed by atoms with E-state index in [4.69, 9.17) is 9.47 Å². The molecule has 3 heteroatoms. The first-order valence-electron chi connectivity index (χ1n) is 7.19. The van der Waals surface area contributed by atoms with Gasteiger partial charge in [-0.2, -0.15) is 0 Å². The molecule has 0 radical (unpaired) electrons. The van der Waals surface area contributed by atoms with Crippen LogP contribution in [0.25, 0.3) is 0 Å². The lowest BCUT2D eigenvalue weighted by atomic mass is 10.0. The summed E-state index contributed by atoms with van der Waals surface area (Å²) in [6.07, 6.45) is 2.28. The van der Waals surface area contributed by atoms with Crippen LogP contribution < -0.4 is 10.1 Å². The van der Waals surface area contributed by atoms with Gasteiger partial charge in [0.05, 0.1) is 6.10 Å². The first kappa shape index (κ1) is 16.0. The standard InChI is InChI=1S/C16H27NO2/c1-5-11-18-12-10-16(17-4)14-6-8-15(9-7-14)19-13(2)3/h6-9,13,16-17H,5,10-12H2,1-4H3. The molecule has 1 atom stereocenters. The molecular weight excluding hydrogens is 238 g/mol. The molecule has 0 aliphatic rings. The van der Waals surface area contributed by atoms with Crippen LogP contribution in [0.4, 0.5) is 0 Å². The minimum Gasteiger partial charge on any atom is -0.491 e. The van der Waals surface area contributed by atoms with Gasteiger partial charge < -0.3 is 14.8 Å². The molecule has 0 saturated heterocycles. The maximum atomic E-state index is 5.65. The Labute approximate surface area is 117 Å². The molecule has 0 aliphatic carbocycles. The van der Waals surface area contributed by atoms with Crippen molar-refractivity contribution in [3.8, 4) is 5.75 Å². The van der Waals surface area contributed by atoms with Crippen LogP contribution in [0.15, 0.2) is 24.3 Å². The molecule has 3 nitrogen and oxygen atoms in total. The van der Waals surface area contributed by atoms with Crippen LogP contribution in [-0.4, -0.2) is 26.4 Å². The number of hydrogen-bond donors (Lipinski definition) is 1. The van der Waals surface area contributed by atoms with E-state index in [-0.39, 0.29) is 6.10 Å². The van der Waals surface area contributed by atoms with Gasteiger partial charge in [-0.05, 0) is 51.4 Å². The SMILES string of the molecule is CCCOCCC(NC)c1ccc(OC(C)C)cc1. The van der Waals surface area contributed by atoms with Crippen molar-refractivity contribution < 1.29 is 9.47 Å². The van der Waals surface area contributed by atoms with Crippen molar-refractivity contribution in [2.24, 2.45) is 0 Å². The molecular formula is C16H27NO2. The fourth-order valence-electron chi connectivity index (χ4n) is 1.98. The summed E-state index contributed by atoms with van der Waals surface area (Å²) in [5.41, 5.74) is 1.28. The summed E-state index contributed by atoms with van der Waals surface area (Å²) in [5, 5.41) is 3.33. The Bertz CT molecular complexity index is 335. The summed E-state index contributed by atoms with van der Waals surface area (Å²) in [6.45, 7) is 7.84. The second-order valence-electron chi connectivity index (χ2n) is 4.98. The molecule has 1 aromatic carbocycles. The van der Waals surface area contributed by atoms with Crippen LogP contribution in [-0.2, 0) is 4.74 Å². The molecule has 108 valence electrons. The molecule has 0 saturated carbocycles. The molecule has 0 aliphatic heterocycles. The zero-order valence-corrected chi connectivity index (χ0v) is 12.6. The lowest BCUT2D eigenvalue weighted by molar-refractivity contribution is 0.125. The second kappa shape index (κ2) is 8.94. The van der Waals surface area contributed by atoms with Crippen molar-refractivity contribution in [2.45, 2.75) is 45.8 Å². The van der Waals surface area contributed by atoms with Gasteiger partial charge in [-0.1, -0.05) is 19.1 Å². The zero-order valence-electron chi connectivity index (χ0n) is 12.6. The average Bonchev–Trinajstić information content (AvgIpc) is 2.40. The van der Waals surface area contributed by atoms with Gasteiger partial charge in [-0.25, -0.2) is 0 Å². The summed E-state index contributed by atoms with van der Waals surface area (Å²) in [5.74, 6) is 0.927. The van der Waals surface area contributed by atoms with Gasteiger partial charge in [0.15, 0.2) is 0 Å². The monoisotopic (exact) mass is 265 g/mol. The summed E-state index contributed by atoms with van der Waals surface area (Å²) >= 11 is 0. The van der Waals surface area contributed by atoms with Crippen LogP contribution in [0, 0.1) is 0 Å². The van der Waals surface area contributed by atoms with Crippen molar-refractivity contribution >= 4 is 0 Å². The third kappa shape index (κ3) is 6.08. The van der Waals surface area contributed by atoms with E-state index in [1.165, 1.54) is 5.56 Å². The van der Waals surface area contributed by atoms with E-state index < -0.39 is 0 Å². The number of hydrogen-bond acceptors (Lipinski definition) is 3. The number of benzene rings is 1. The lowest BCUT2D eigenvalue weighted by Crippen LogP contribution is -2.18. The highest BCUT2D eigenvalue weighted by molar-refractivity contribution is 5.29. The molecule has 0 heterocycles. The Kier molecular flexibility index (Phi) is 7.53. The first-order chi connectivity index (χ1) is 9.17. The van der Waals surface area contributed by atoms with E-state index >= 15 is 0 Å². The molecule has 1 rings (SSSR count). The Morgan fingerprint density at radius 1 is 1.11 bits per heavy atom. The van der Waals surface area contributed by atoms with Gasteiger partial charge >= 0.3 is 0 Å². The minimum atomic E-state index is 0.216. The van der Waals surface area contributed by atoms with E-state index in [1.54, 1.807) is 0 Å². The van der Waals surface area contributed by atoms with E-state index in [0.717, 1.165) is 31.8 Å². The van der Waals surface area contributed by atoms with E-state index in [1.807, 2.05) is 33.0 Å². The number of nitrogens with one attached hydrogen (secondary N) is 1. The third-order valence-electron chi connectivity index (χ3n) is 2.90. The van der Waals surface area contributed by atoms with Crippen molar-refractivity contribution in [3.05, 3.63) is 29.8 Å². The predicted octanol–water partition coefficient (Wildman–Crippen LogP) is 3.55. The highest BCUT2D eigenvalue weighted by atomic mass is 16.5. The largest absolute Gasteiger partial charge is 0.491 e. The molecule has 19 heavy (non-hydrogen) atoms. The summed E-state index contributed by atoms with van der Waals surface area (Å²) < 4.78 is 11.2. The Hall–Kier alpha value is -1.06. The van der Waals surface area contributed by atoms with Gasteiger partial charge in [-0.3, -0.25) is 0 Å². The third-order valence-corrected chi connectivity index (χ3v) is 2.90. The fourth-order valence-corrected chi connectivity index (χ4v) is 1.98. The van der Waals surface area contributed by atoms with Crippen LogP contribution in [0.5, 0.6) is 5.75 Å². The van der Waals surface area contributed by atoms with Crippen LogP contribution in [0.2, 0.25) is 0 Å². The van der Waals surface area contributed by atoms with Gasteiger partial charge in [0.2, 0.25) is 0 Å². The summed E-state index contributed by atoms with van der Waals surface area (Å²) in [7, 11) is 1.99. The lowest BCUT2D eigenvalue weighted by Gasteiger charge is -2.17. The maximum Gasteiger partial charge on any atom is 0.119 e. The molecule has 0 amide bonds. The van der Waals surface area contributed by atoms with Crippen LogP contribution in [0.3, 0.4) is 0 Å². The Morgan fingerprint density at radius 3 is 2.32 bits per heavy atom. The summed E-state index contributed by atoms with van der Waals surface area (Å²) in [6, 6.07) is 8.65. The zero-order chi connectivity index (χ0) is 14.1. The fraction of sp³-hybridized carbons (Fsp3) is 0.625. The molecule has 1 aromatic rings. The van der Waals surface area contributed by atoms with E-state index in [0.29, 0.717) is 6.04 Å². The molecule has 0 spiro atoms. The average molecular weight is 265 g/mol. The molecule has 0 bridgehead atoms. The predicted molar refractivity (Wildman–Crippen MR) is 79.7 cm³/mol. The second-order valence-corrected chi connectivity index (χ2v) is 4.98. The number of rotatable bonds is 9. The van der Waals surface area contributed by atoms with Gasteiger partial charge in [0, 0.05) is 19.3 Å². The maximum absolute atomic E-state index is 5.65. The minimum absolute atomic E-state index is 0.216. The Morgan fingerprint density at radius 2 is 1.79 bits per heavy atom. The molecule has 0 aromatic heterocycles. The first-order valence-corrected chi connectivity index (χ1v) is 7.19. The number of ether oxygens (including phenoxy) is 2. The van der Waals surface area contributed by atoms with E-state index in [9.17, 15) is 0 Å². The van der Waals surface area contributed by atoms with Gasteiger partial charge in [0.25, 0.3) is 0 Å². The Balaban J connectivity index is 2.51. The van der Waals surface area contributed by atoms with E-state index in [2.05, 4.69) is 24.4 Å². The van der Waals surface area contributed by atoms with Crippen molar-refractivity contribution in [1.29, 1.82) is 0 Å². The smallest absolute Gasteiger partial charge is 0.119 e. The van der Waals surface area contributed by atoms with Crippen molar-refractivity contribution in [3.63, 3.8) is 0 Å². The molecule has 0 fully saturated rings. The van der Waals surface area contributed by atoms with Crippen molar-refractivity contribution in [2.75, 3.05) is 20.3 Å². The van der Waals surface area contributed by atoms with Gasteiger partial charge in [0.1, 0.15) is 5.75 Å². The molecule has 1 N–H and O–H groups in total. The summed E-state index contributed by atoms with van der Waals surface area (Å²) in [4.78, 5) is 0. The van der Waals surface area contributed by atoms with Crippen molar-refractivity contribution in [1.82, 2.24) is 5.32 Å². The normalized spacial score (nSPS) is 12.7. The van der Waals surface area contributed by atoms with Crippen LogP contribution >= 0.6 is 0 Å². The quantitative estimate of drug-likeness (QED) is 0.693. The van der Waals surface area contributed by atoms with Crippen LogP contribution in [0.1, 0.15) is 45.2 Å².